The van der Waals surface area contributed by atoms with Crippen LogP contribution in [-0.2, 0) is 0 Å². The Morgan fingerprint density at radius 1 is 1.12 bits per heavy atom. The molecule has 2 amide bonds. The quantitative estimate of drug-likeness (QED) is 0.843. The smallest absolute Gasteiger partial charge is 0.274 e. The molecule has 0 fully saturated rings. The molecule has 2 aromatic rings. The van der Waals surface area contributed by atoms with Gasteiger partial charge in [-0.05, 0) is 66.5 Å². The number of carbonyl (C=O) groups excluding carboxylic acids is 2. The summed E-state index contributed by atoms with van der Waals surface area (Å²) in [5.41, 5.74) is 2.23. The van der Waals surface area contributed by atoms with Gasteiger partial charge in [0.05, 0.1) is 5.69 Å². The second-order valence-electron chi connectivity index (χ2n) is 5.32. The highest BCUT2D eigenvalue weighted by atomic mass is 79.9. The van der Waals surface area contributed by atoms with E-state index < -0.39 is 0 Å². The van der Waals surface area contributed by atoms with Crippen molar-refractivity contribution in [2.24, 2.45) is 0 Å². The minimum atomic E-state index is -0.353. The number of carbonyl (C=O) groups is 2. The van der Waals surface area contributed by atoms with E-state index in [1.165, 1.54) is 0 Å². The van der Waals surface area contributed by atoms with Gasteiger partial charge >= 0.3 is 0 Å². The minimum absolute atomic E-state index is 0.175. The van der Waals surface area contributed by atoms with Gasteiger partial charge in [0.15, 0.2) is 0 Å². The SMILES string of the molecule is CCN(CC)C(=O)c1cccc(C(=O)Nc2ccc(C)cc2Br)n1. The van der Waals surface area contributed by atoms with E-state index in [1.807, 2.05) is 39.0 Å². The molecule has 1 N–H and O–H groups in total. The van der Waals surface area contributed by atoms with Gasteiger partial charge in [-0.3, -0.25) is 9.59 Å². The van der Waals surface area contributed by atoms with Gasteiger partial charge in [-0.1, -0.05) is 12.1 Å². The number of hydrogen-bond acceptors (Lipinski definition) is 3. The average Bonchev–Trinajstić information content (AvgIpc) is 2.58. The van der Waals surface area contributed by atoms with Crippen LogP contribution in [0.5, 0.6) is 0 Å². The molecule has 0 aliphatic heterocycles. The van der Waals surface area contributed by atoms with Gasteiger partial charge in [0.25, 0.3) is 11.8 Å². The first-order valence-electron chi connectivity index (χ1n) is 7.80. The summed E-state index contributed by atoms with van der Waals surface area (Å²) in [5, 5.41) is 2.80. The zero-order chi connectivity index (χ0) is 17.7. The van der Waals surface area contributed by atoms with Crippen molar-refractivity contribution in [3.8, 4) is 0 Å². The van der Waals surface area contributed by atoms with Crippen LogP contribution in [0.4, 0.5) is 5.69 Å². The second kappa shape index (κ2) is 8.06. The molecule has 0 aliphatic carbocycles. The standard InChI is InChI=1S/C18H20BrN3O2/c1-4-22(5-2)18(24)16-8-6-7-15(20-16)17(23)21-14-10-9-12(3)11-13(14)19/h6-11H,4-5H2,1-3H3,(H,21,23). The largest absolute Gasteiger partial charge is 0.338 e. The first kappa shape index (κ1) is 18.1. The highest BCUT2D eigenvalue weighted by molar-refractivity contribution is 9.10. The Morgan fingerprint density at radius 2 is 1.79 bits per heavy atom. The van der Waals surface area contributed by atoms with Crippen LogP contribution >= 0.6 is 15.9 Å². The number of aromatic nitrogens is 1. The van der Waals surface area contributed by atoms with Crippen molar-refractivity contribution >= 4 is 33.4 Å². The lowest BCUT2D eigenvalue weighted by molar-refractivity contribution is 0.0767. The highest BCUT2D eigenvalue weighted by Crippen LogP contribution is 2.23. The molecular weight excluding hydrogens is 370 g/mol. The van der Waals surface area contributed by atoms with Gasteiger partial charge in [0.2, 0.25) is 0 Å². The zero-order valence-electron chi connectivity index (χ0n) is 14.0. The molecule has 24 heavy (non-hydrogen) atoms. The summed E-state index contributed by atoms with van der Waals surface area (Å²) in [7, 11) is 0. The third kappa shape index (κ3) is 4.20. The maximum Gasteiger partial charge on any atom is 0.274 e. The van der Waals surface area contributed by atoms with Gasteiger partial charge in [0, 0.05) is 17.6 Å². The molecule has 5 nitrogen and oxygen atoms in total. The number of hydrogen-bond donors (Lipinski definition) is 1. The van der Waals surface area contributed by atoms with Crippen molar-refractivity contribution in [3.05, 3.63) is 57.8 Å². The Morgan fingerprint density at radius 3 is 2.42 bits per heavy atom. The number of benzene rings is 1. The molecule has 6 heteroatoms. The van der Waals surface area contributed by atoms with Crippen molar-refractivity contribution in [1.82, 2.24) is 9.88 Å². The highest BCUT2D eigenvalue weighted by Gasteiger charge is 2.16. The number of anilines is 1. The van der Waals surface area contributed by atoms with Crippen molar-refractivity contribution in [2.45, 2.75) is 20.8 Å². The average molecular weight is 390 g/mol. The molecule has 2 rings (SSSR count). The summed E-state index contributed by atoms with van der Waals surface area (Å²) in [5.74, 6) is -0.528. The Bertz CT molecular complexity index is 758. The molecular formula is C18H20BrN3O2. The summed E-state index contributed by atoms with van der Waals surface area (Å²) < 4.78 is 0.797. The van der Waals surface area contributed by atoms with E-state index in [0.29, 0.717) is 18.8 Å². The summed E-state index contributed by atoms with van der Waals surface area (Å²) in [4.78, 5) is 30.7. The first-order valence-corrected chi connectivity index (χ1v) is 8.59. The molecule has 0 unspecified atom stereocenters. The molecule has 0 spiro atoms. The van der Waals surface area contributed by atoms with E-state index in [2.05, 4.69) is 26.2 Å². The van der Waals surface area contributed by atoms with Crippen molar-refractivity contribution in [2.75, 3.05) is 18.4 Å². The van der Waals surface area contributed by atoms with Gasteiger partial charge in [0.1, 0.15) is 11.4 Å². The van der Waals surface area contributed by atoms with Crippen LogP contribution in [0.15, 0.2) is 40.9 Å². The van der Waals surface area contributed by atoms with Crippen LogP contribution in [0.3, 0.4) is 0 Å². The van der Waals surface area contributed by atoms with Crippen molar-refractivity contribution in [3.63, 3.8) is 0 Å². The van der Waals surface area contributed by atoms with Crippen molar-refractivity contribution in [1.29, 1.82) is 0 Å². The molecule has 0 saturated carbocycles. The van der Waals surface area contributed by atoms with Gasteiger partial charge in [-0.2, -0.15) is 0 Å². The summed E-state index contributed by atoms with van der Waals surface area (Å²) in [6.07, 6.45) is 0. The lowest BCUT2D eigenvalue weighted by Crippen LogP contribution is -2.31. The molecule has 0 atom stereocenters. The number of halogens is 1. The van der Waals surface area contributed by atoms with E-state index >= 15 is 0 Å². The molecule has 0 bridgehead atoms. The third-order valence-electron chi connectivity index (χ3n) is 3.62. The Hall–Kier alpha value is -2.21. The lowest BCUT2D eigenvalue weighted by atomic mass is 10.2. The van der Waals surface area contributed by atoms with Crippen LogP contribution in [0, 0.1) is 6.92 Å². The van der Waals surface area contributed by atoms with Gasteiger partial charge in [-0.15, -0.1) is 0 Å². The number of nitrogens with zero attached hydrogens (tertiary/aromatic N) is 2. The topological polar surface area (TPSA) is 62.3 Å². The molecule has 1 aromatic carbocycles. The minimum Gasteiger partial charge on any atom is -0.338 e. The predicted molar refractivity (Wildman–Crippen MR) is 98.3 cm³/mol. The second-order valence-corrected chi connectivity index (χ2v) is 6.18. The molecule has 1 aromatic heterocycles. The third-order valence-corrected chi connectivity index (χ3v) is 4.28. The van der Waals surface area contributed by atoms with Crippen LogP contribution in [0.1, 0.15) is 40.4 Å². The number of amides is 2. The van der Waals surface area contributed by atoms with E-state index in [1.54, 1.807) is 23.1 Å². The fraction of sp³-hybridized carbons (Fsp3) is 0.278. The van der Waals surface area contributed by atoms with Gasteiger partial charge < -0.3 is 10.2 Å². The number of pyridine rings is 1. The number of rotatable bonds is 5. The molecule has 1 heterocycles. The maximum absolute atomic E-state index is 12.4. The monoisotopic (exact) mass is 389 g/mol. The fourth-order valence-electron chi connectivity index (χ4n) is 2.26. The Balaban J connectivity index is 2.21. The fourth-order valence-corrected chi connectivity index (χ4v) is 2.85. The van der Waals surface area contributed by atoms with Crippen LogP contribution in [-0.4, -0.2) is 34.8 Å². The molecule has 0 radical (unpaired) electrons. The van der Waals surface area contributed by atoms with Crippen LogP contribution in [0.2, 0.25) is 0 Å². The van der Waals surface area contributed by atoms with E-state index in [0.717, 1.165) is 10.0 Å². The van der Waals surface area contributed by atoms with E-state index in [-0.39, 0.29) is 23.2 Å². The Labute approximate surface area is 150 Å². The normalized spacial score (nSPS) is 10.3. The lowest BCUT2D eigenvalue weighted by Gasteiger charge is -2.18. The molecule has 0 saturated heterocycles. The maximum atomic E-state index is 12.4. The zero-order valence-corrected chi connectivity index (χ0v) is 15.6. The summed E-state index contributed by atoms with van der Waals surface area (Å²) in [6, 6.07) is 10.5. The summed E-state index contributed by atoms with van der Waals surface area (Å²) >= 11 is 3.43. The van der Waals surface area contributed by atoms with E-state index in [4.69, 9.17) is 0 Å². The van der Waals surface area contributed by atoms with Crippen molar-refractivity contribution < 1.29 is 9.59 Å². The predicted octanol–water partition coefficient (Wildman–Crippen LogP) is 3.89. The van der Waals surface area contributed by atoms with Crippen LogP contribution in [0.25, 0.3) is 0 Å². The van der Waals surface area contributed by atoms with Gasteiger partial charge in [-0.25, -0.2) is 4.98 Å². The number of nitrogens with one attached hydrogen (secondary N) is 1. The van der Waals surface area contributed by atoms with E-state index in [9.17, 15) is 9.59 Å². The number of aryl methyl sites for hydroxylation is 1. The molecule has 0 aliphatic rings. The van der Waals surface area contributed by atoms with Crippen LogP contribution < -0.4 is 5.32 Å². The molecule has 126 valence electrons. The summed E-state index contributed by atoms with van der Waals surface area (Å²) in [6.45, 7) is 6.99. The Kier molecular flexibility index (Phi) is 6.09. The first-order chi connectivity index (χ1) is 11.5.